The molecule has 0 spiro atoms. The van der Waals surface area contributed by atoms with Crippen molar-refractivity contribution in [1.82, 2.24) is 20.1 Å². The zero-order chi connectivity index (χ0) is 17.6. The molecule has 2 fully saturated rings. The van der Waals surface area contributed by atoms with Crippen LogP contribution in [0.5, 0.6) is 0 Å². The number of hydrogen-bond donors (Lipinski definition) is 2. The molecule has 0 aliphatic carbocycles. The first-order valence-electron chi connectivity index (χ1n) is 9.51. The van der Waals surface area contributed by atoms with Gasteiger partial charge in [-0.3, -0.25) is 9.78 Å². The van der Waals surface area contributed by atoms with Crippen LogP contribution in [0.4, 0.5) is 0 Å². The fourth-order valence-corrected chi connectivity index (χ4v) is 3.91. The van der Waals surface area contributed by atoms with Gasteiger partial charge in [-0.15, -0.1) is 0 Å². The summed E-state index contributed by atoms with van der Waals surface area (Å²) in [6.07, 6.45) is 4.74. The molecule has 0 saturated carbocycles. The van der Waals surface area contributed by atoms with Crippen LogP contribution >= 0.6 is 0 Å². The number of pyridine rings is 1. The first kappa shape index (κ1) is 18.3. The molecule has 3 rings (SSSR count). The number of piperidine rings is 1. The van der Waals surface area contributed by atoms with Crippen LogP contribution in [0.15, 0.2) is 24.4 Å². The summed E-state index contributed by atoms with van der Waals surface area (Å²) < 4.78 is 0. The lowest BCUT2D eigenvalue weighted by atomic mass is 10.0. The van der Waals surface area contributed by atoms with E-state index in [1.807, 2.05) is 18.2 Å². The zero-order valence-electron chi connectivity index (χ0n) is 15.1. The molecule has 2 N–H and O–H groups in total. The molecule has 138 valence electrons. The maximum atomic E-state index is 13.1. The van der Waals surface area contributed by atoms with Crippen molar-refractivity contribution in [1.29, 1.82) is 0 Å². The molecule has 0 bridgehead atoms. The molecule has 1 amide bonds. The maximum absolute atomic E-state index is 13.1. The molecular formula is C19H30N4O2. The molecule has 1 aromatic heterocycles. The summed E-state index contributed by atoms with van der Waals surface area (Å²) in [4.78, 5) is 22.0. The molecule has 2 atom stereocenters. The van der Waals surface area contributed by atoms with Gasteiger partial charge >= 0.3 is 0 Å². The number of hydrogen-bond acceptors (Lipinski definition) is 5. The minimum absolute atomic E-state index is 0.141. The lowest BCUT2D eigenvalue weighted by Gasteiger charge is -2.39. The number of aromatic nitrogens is 1. The van der Waals surface area contributed by atoms with Crippen LogP contribution in [0.1, 0.15) is 31.9 Å². The second-order valence-electron chi connectivity index (χ2n) is 7.12. The van der Waals surface area contributed by atoms with E-state index in [4.69, 9.17) is 0 Å². The van der Waals surface area contributed by atoms with Gasteiger partial charge in [0.15, 0.2) is 0 Å². The summed E-state index contributed by atoms with van der Waals surface area (Å²) >= 11 is 0. The van der Waals surface area contributed by atoms with Crippen molar-refractivity contribution >= 4 is 5.91 Å². The van der Waals surface area contributed by atoms with Crippen LogP contribution in [0, 0.1) is 0 Å². The molecule has 6 heteroatoms. The lowest BCUT2D eigenvalue weighted by molar-refractivity contribution is -0.136. The van der Waals surface area contributed by atoms with Crippen LogP contribution in [0.25, 0.3) is 0 Å². The Kier molecular flexibility index (Phi) is 6.39. The third-order valence-corrected chi connectivity index (χ3v) is 5.47. The van der Waals surface area contributed by atoms with Crippen molar-refractivity contribution in [3.63, 3.8) is 0 Å². The van der Waals surface area contributed by atoms with Gasteiger partial charge in [0.1, 0.15) is 0 Å². The van der Waals surface area contributed by atoms with Gasteiger partial charge in [-0.1, -0.05) is 13.0 Å². The van der Waals surface area contributed by atoms with Crippen molar-refractivity contribution in [2.45, 2.75) is 50.8 Å². The Balaban J connectivity index is 1.66. The molecule has 0 unspecified atom stereocenters. The molecule has 1 aromatic rings. The second kappa shape index (κ2) is 8.74. The van der Waals surface area contributed by atoms with E-state index in [1.54, 1.807) is 6.20 Å². The molecule has 2 aliphatic heterocycles. The van der Waals surface area contributed by atoms with Crippen molar-refractivity contribution in [3.05, 3.63) is 30.1 Å². The number of nitrogens with one attached hydrogen (secondary N) is 1. The van der Waals surface area contributed by atoms with Gasteiger partial charge in [0, 0.05) is 50.5 Å². The van der Waals surface area contributed by atoms with E-state index in [1.165, 1.54) is 0 Å². The molecule has 0 radical (unpaired) electrons. The standard InChI is InChI=1S/C19H30N4O2/c1-2-22-10-7-16(8-11-22)23(12-6-15-5-3-4-9-20-15)19(25)18-13-17(24)14-21-18/h3-5,9,16-18,21,24H,2,6-8,10-14H2,1H3/t17-,18-/m1/s1. The van der Waals surface area contributed by atoms with E-state index in [2.05, 4.69) is 27.0 Å². The Morgan fingerprint density at radius 2 is 2.20 bits per heavy atom. The quantitative estimate of drug-likeness (QED) is 0.792. The number of rotatable bonds is 6. The van der Waals surface area contributed by atoms with Crippen molar-refractivity contribution in [2.75, 3.05) is 32.7 Å². The van der Waals surface area contributed by atoms with E-state index in [9.17, 15) is 9.90 Å². The Morgan fingerprint density at radius 1 is 1.40 bits per heavy atom. The van der Waals surface area contributed by atoms with Gasteiger partial charge in [0.2, 0.25) is 5.91 Å². The highest BCUT2D eigenvalue weighted by atomic mass is 16.3. The van der Waals surface area contributed by atoms with Crippen LogP contribution in [0.3, 0.4) is 0 Å². The average molecular weight is 346 g/mol. The van der Waals surface area contributed by atoms with Crippen LogP contribution in [0.2, 0.25) is 0 Å². The van der Waals surface area contributed by atoms with Gasteiger partial charge < -0.3 is 20.2 Å². The summed E-state index contributed by atoms with van der Waals surface area (Å²) in [7, 11) is 0. The first-order chi connectivity index (χ1) is 12.2. The number of β-amino-alcohol motifs (C(OH)–C–C–N with tert-alkyl or cyclic N) is 1. The van der Waals surface area contributed by atoms with E-state index >= 15 is 0 Å². The Hall–Kier alpha value is -1.50. The normalized spacial score (nSPS) is 25.2. The van der Waals surface area contributed by atoms with Crippen LogP contribution < -0.4 is 5.32 Å². The van der Waals surface area contributed by atoms with Gasteiger partial charge in [0.05, 0.1) is 12.1 Å². The number of likely N-dealkylation sites (tertiary alicyclic amines) is 1. The molecule has 25 heavy (non-hydrogen) atoms. The average Bonchev–Trinajstić information content (AvgIpc) is 3.09. The van der Waals surface area contributed by atoms with E-state index in [-0.39, 0.29) is 11.9 Å². The number of carbonyl (C=O) groups is 1. The van der Waals surface area contributed by atoms with Crippen molar-refractivity contribution in [3.8, 4) is 0 Å². The van der Waals surface area contributed by atoms with Crippen molar-refractivity contribution in [2.24, 2.45) is 0 Å². The lowest BCUT2D eigenvalue weighted by Crippen LogP contribution is -2.52. The smallest absolute Gasteiger partial charge is 0.240 e. The number of carbonyl (C=O) groups excluding carboxylic acids is 1. The zero-order valence-corrected chi connectivity index (χ0v) is 15.1. The van der Waals surface area contributed by atoms with Crippen LogP contribution in [-0.4, -0.2) is 76.7 Å². The van der Waals surface area contributed by atoms with Crippen molar-refractivity contribution < 1.29 is 9.90 Å². The third-order valence-electron chi connectivity index (χ3n) is 5.47. The predicted molar refractivity (Wildman–Crippen MR) is 97.2 cm³/mol. The SMILES string of the molecule is CCN1CCC(N(CCc2ccccn2)C(=O)[C@H]2C[C@@H](O)CN2)CC1. The first-order valence-corrected chi connectivity index (χ1v) is 9.51. The Bertz CT molecular complexity index is 546. The number of nitrogens with zero attached hydrogens (tertiary/aromatic N) is 3. The maximum Gasteiger partial charge on any atom is 0.240 e. The molecule has 3 heterocycles. The van der Waals surface area contributed by atoms with E-state index in [0.29, 0.717) is 25.6 Å². The largest absolute Gasteiger partial charge is 0.392 e. The topological polar surface area (TPSA) is 68.7 Å². The van der Waals surface area contributed by atoms with Gasteiger partial charge in [0.25, 0.3) is 0 Å². The summed E-state index contributed by atoms with van der Waals surface area (Å²) in [6, 6.07) is 5.96. The highest BCUT2D eigenvalue weighted by molar-refractivity contribution is 5.82. The van der Waals surface area contributed by atoms with Gasteiger partial charge in [-0.25, -0.2) is 0 Å². The monoisotopic (exact) mass is 346 g/mol. The van der Waals surface area contributed by atoms with Gasteiger partial charge in [-0.05, 0) is 37.9 Å². The third kappa shape index (κ3) is 4.77. The fourth-order valence-electron chi connectivity index (χ4n) is 3.91. The highest BCUT2D eigenvalue weighted by Gasteiger charge is 2.35. The predicted octanol–water partition coefficient (Wildman–Crippen LogP) is 0.660. The Morgan fingerprint density at radius 3 is 2.80 bits per heavy atom. The summed E-state index contributed by atoms with van der Waals surface area (Å²) in [5.74, 6) is 0.141. The minimum atomic E-state index is -0.409. The van der Waals surface area contributed by atoms with Gasteiger partial charge in [-0.2, -0.15) is 0 Å². The fraction of sp³-hybridized carbons (Fsp3) is 0.684. The number of aliphatic hydroxyl groups is 1. The second-order valence-corrected chi connectivity index (χ2v) is 7.12. The summed E-state index contributed by atoms with van der Waals surface area (Å²) in [5.41, 5.74) is 1.02. The van der Waals surface area contributed by atoms with Crippen LogP contribution in [-0.2, 0) is 11.2 Å². The summed E-state index contributed by atoms with van der Waals surface area (Å²) in [5, 5.41) is 12.9. The van der Waals surface area contributed by atoms with E-state index in [0.717, 1.165) is 44.6 Å². The number of aliphatic hydroxyl groups excluding tert-OH is 1. The minimum Gasteiger partial charge on any atom is -0.392 e. The molecule has 0 aromatic carbocycles. The molecule has 2 aliphatic rings. The summed E-state index contributed by atoms with van der Waals surface area (Å²) in [6.45, 7) is 6.57. The van der Waals surface area contributed by atoms with E-state index < -0.39 is 6.10 Å². The highest BCUT2D eigenvalue weighted by Crippen LogP contribution is 2.20. The number of amides is 1. The molecule has 6 nitrogen and oxygen atoms in total. The molecular weight excluding hydrogens is 316 g/mol. The Labute approximate surface area is 150 Å². The molecule has 2 saturated heterocycles.